The second-order valence-electron chi connectivity index (χ2n) is 5.00. The van der Waals surface area contributed by atoms with Crippen LogP contribution in [0.2, 0.25) is 0 Å². The van der Waals surface area contributed by atoms with Gasteiger partial charge in [0.05, 0.1) is 5.54 Å². The summed E-state index contributed by atoms with van der Waals surface area (Å²) in [6.07, 6.45) is 1.94. The molecular formula is C10H18N2S. The molecule has 1 aromatic rings. The zero-order valence-corrected chi connectivity index (χ0v) is 9.83. The highest BCUT2D eigenvalue weighted by atomic mass is 32.1. The van der Waals surface area contributed by atoms with Crippen LogP contribution < -0.4 is 5.73 Å². The second kappa shape index (κ2) is 3.07. The molecule has 0 atom stereocenters. The van der Waals surface area contributed by atoms with E-state index in [9.17, 15) is 0 Å². The Kier molecular flexibility index (Phi) is 2.52. The van der Waals surface area contributed by atoms with Crippen LogP contribution in [-0.2, 0) is 11.0 Å². The molecule has 74 valence electrons. The van der Waals surface area contributed by atoms with Gasteiger partial charge in [-0.2, -0.15) is 0 Å². The van der Waals surface area contributed by atoms with Crippen LogP contribution in [0.15, 0.2) is 6.20 Å². The van der Waals surface area contributed by atoms with E-state index >= 15 is 0 Å². The van der Waals surface area contributed by atoms with Gasteiger partial charge in [0, 0.05) is 11.1 Å². The van der Waals surface area contributed by atoms with Gasteiger partial charge in [-0.25, -0.2) is 4.98 Å². The third kappa shape index (κ3) is 2.51. The number of nitrogens with two attached hydrogens (primary N) is 1. The van der Waals surface area contributed by atoms with Crippen molar-refractivity contribution >= 4 is 11.3 Å². The molecule has 2 nitrogen and oxygen atoms in total. The molecule has 1 heterocycles. The molecule has 0 aliphatic rings. The molecule has 1 rings (SSSR count). The second-order valence-corrected chi connectivity index (χ2v) is 6.03. The van der Waals surface area contributed by atoms with Gasteiger partial charge in [0.1, 0.15) is 5.01 Å². The van der Waals surface area contributed by atoms with E-state index in [1.54, 1.807) is 11.3 Å². The standard InChI is InChI=1S/C10H18N2S/c1-9(2,3)7-6-12-8(13-7)10(4,5)11/h6H,11H2,1-5H3. The summed E-state index contributed by atoms with van der Waals surface area (Å²) < 4.78 is 0. The number of thiazole rings is 1. The van der Waals surface area contributed by atoms with Gasteiger partial charge in [-0.1, -0.05) is 20.8 Å². The lowest BCUT2D eigenvalue weighted by atomic mass is 9.96. The number of rotatable bonds is 1. The lowest BCUT2D eigenvalue weighted by Crippen LogP contribution is -2.28. The molecule has 0 radical (unpaired) electrons. The molecule has 1 aromatic heterocycles. The first-order chi connectivity index (χ1) is 5.71. The molecule has 0 saturated carbocycles. The van der Waals surface area contributed by atoms with Gasteiger partial charge in [0.15, 0.2) is 0 Å². The molecular weight excluding hydrogens is 180 g/mol. The summed E-state index contributed by atoms with van der Waals surface area (Å²) in [4.78, 5) is 5.64. The predicted octanol–water partition coefficient (Wildman–Crippen LogP) is 2.63. The predicted molar refractivity (Wildman–Crippen MR) is 58.0 cm³/mol. The molecule has 0 aliphatic heterocycles. The normalized spacial score (nSPS) is 13.4. The average Bonchev–Trinajstić information content (AvgIpc) is 2.28. The number of hydrogen-bond acceptors (Lipinski definition) is 3. The van der Waals surface area contributed by atoms with Crippen molar-refractivity contribution in [3.63, 3.8) is 0 Å². The van der Waals surface area contributed by atoms with Gasteiger partial charge in [-0.3, -0.25) is 0 Å². The first-order valence-corrected chi connectivity index (χ1v) is 5.28. The van der Waals surface area contributed by atoms with E-state index in [1.165, 1.54) is 4.88 Å². The zero-order chi connectivity index (χ0) is 10.3. The lowest BCUT2D eigenvalue weighted by Gasteiger charge is -2.16. The summed E-state index contributed by atoms with van der Waals surface area (Å²) in [5, 5.41) is 1.01. The van der Waals surface area contributed by atoms with E-state index in [1.807, 2.05) is 20.0 Å². The first kappa shape index (κ1) is 10.7. The maximum atomic E-state index is 5.96. The molecule has 0 unspecified atom stereocenters. The van der Waals surface area contributed by atoms with Crippen molar-refractivity contribution in [2.24, 2.45) is 5.73 Å². The first-order valence-electron chi connectivity index (χ1n) is 4.47. The quantitative estimate of drug-likeness (QED) is 0.753. The van der Waals surface area contributed by atoms with Crippen LogP contribution in [0.4, 0.5) is 0 Å². The SMILES string of the molecule is CC(C)(C)c1cnc(C(C)(C)N)s1. The third-order valence-electron chi connectivity index (χ3n) is 1.80. The average molecular weight is 198 g/mol. The highest BCUT2D eigenvalue weighted by Gasteiger charge is 2.22. The van der Waals surface area contributed by atoms with E-state index in [2.05, 4.69) is 25.8 Å². The lowest BCUT2D eigenvalue weighted by molar-refractivity contribution is 0.550. The van der Waals surface area contributed by atoms with Gasteiger partial charge in [0.2, 0.25) is 0 Å². The molecule has 0 aromatic carbocycles. The molecule has 0 amide bonds. The summed E-state index contributed by atoms with van der Waals surface area (Å²) in [6.45, 7) is 10.5. The van der Waals surface area contributed by atoms with Crippen LogP contribution >= 0.6 is 11.3 Å². The molecule has 0 saturated heterocycles. The highest BCUT2D eigenvalue weighted by Crippen LogP contribution is 2.31. The van der Waals surface area contributed by atoms with E-state index in [-0.39, 0.29) is 11.0 Å². The minimum Gasteiger partial charge on any atom is -0.320 e. The maximum absolute atomic E-state index is 5.96. The van der Waals surface area contributed by atoms with E-state index in [0.717, 1.165) is 5.01 Å². The van der Waals surface area contributed by atoms with Gasteiger partial charge in [-0.15, -0.1) is 11.3 Å². The van der Waals surface area contributed by atoms with Crippen molar-refractivity contribution in [1.82, 2.24) is 4.98 Å². The maximum Gasteiger partial charge on any atom is 0.112 e. The third-order valence-corrected chi connectivity index (χ3v) is 3.56. The Labute approximate surface area is 84.2 Å². The largest absolute Gasteiger partial charge is 0.320 e. The van der Waals surface area contributed by atoms with Crippen molar-refractivity contribution in [3.05, 3.63) is 16.1 Å². The van der Waals surface area contributed by atoms with Crippen LogP contribution in [0.25, 0.3) is 0 Å². The summed E-state index contributed by atoms with van der Waals surface area (Å²) in [6, 6.07) is 0. The Morgan fingerprint density at radius 3 is 2.00 bits per heavy atom. The molecule has 13 heavy (non-hydrogen) atoms. The fourth-order valence-electron chi connectivity index (χ4n) is 0.919. The van der Waals surface area contributed by atoms with E-state index in [4.69, 9.17) is 5.73 Å². The van der Waals surface area contributed by atoms with Crippen molar-refractivity contribution in [3.8, 4) is 0 Å². The molecule has 0 fully saturated rings. The van der Waals surface area contributed by atoms with Crippen LogP contribution in [0.1, 0.15) is 44.5 Å². The summed E-state index contributed by atoms with van der Waals surface area (Å²) >= 11 is 1.71. The zero-order valence-electron chi connectivity index (χ0n) is 9.01. The molecule has 3 heteroatoms. The summed E-state index contributed by atoms with van der Waals surface area (Å²) in [5.41, 5.74) is 5.83. The summed E-state index contributed by atoms with van der Waals surface area (Å²) in [5.74, 6) is 0. The number of aromatic nitrogens is 1. The minimum absolute atomic E-state index is 0.182. The number of nitrogens with zero attached hydrogens (tertiary/aromatic N) is 1. The monoisotopic (exact) mass is 198 g/mol. The fourth-order valence-corrected chi connectivity index (χ4v) is 1.91. The Balaban J connectivity index is 3.01. The smallest absolute Gasteiger partial charge is 0.112 e. The van der Waals surface area contributed by atoms with Gasteiger partial charge >= 0.3 is 0 Å². The molecule has 0 spiro atoms. The molecule has 2 N–H and O–H groups in total. The Hall–Kier alpha value is -0.410. The van der Waals surface area contributed by atoms with Gasteiger partial charge in [0.25, 0.3) is 0 Å². The Bertz CT molecular complexity index is 260. The van der Waals surface area contributed by atoms with E-state index < -0.39 is 0 Å². The van der Waals surface area contributed by atoms with Crippen LogP contribution in [0.3, 0.4) is 0 Å². The van der Waals surface area contributed by atoms with Crippen molar-refractivity contribution in [2.45, 2.75) is 45.6 Å². The Morgan fingerprint density at radius 1 is 1.23 bits per heavy atom. The topological polar surface area (TPSA) is 38.9 Å². The van der Waals surface area contributed by atoms with Crippen LogP contribution in [-0.4, -0.2) is 4.98 Å². The highest BCUT2D eigenvalue weighted by molar-refractivity contribution is 7.11. The minimum atomic E-state index is -0.311. The fraction of sp³-hybridized carbons (Fsp3) is 0.700. The van der Waals surface area contributed by atoms with Crippen LogP contribution in [0.5, 0.6) is 0 Å². The molecule has 0 aliphatic carbocycles. The Morgan fingerprint density at radius 2 is 1.77 bits per heavy atom. The summed E-state index contributed by atoms with van der Waals surface area (Å²) in [7, 11) is 0. The number of hydrogen-bond donors (Lipinski definition) is 1. The van der Waals surface area contributed by atoms with Crippen LogP contribution in [0, 0.1) is 0 Å². The van der Waals surface area contributed by atoms with Gasteiger partial charge in [-0.05, 0) is 19.3 Å². The molecule has 0 bridgehead atoms. The van der Waals surface area contributed by atoms with Crippen molar-refractivity contribution in [1.29, 1.82) is 0 Å². The van der Waals surface area contributed by atoms with Crippen molar-refractivity contribution < 1.29 is 0 Å². The van der Waals surface area contributed by atoms with E-state index in [0.29, 0.717) is 0 Å². The van der Waals surface area contributed by atoms with Gasteiger partial charge < -0.3 is 5.73 Å². The van der Waals surface area contributed by atoms with Crippen molar-refractivity contribution in [2.75, 3.05) is 0 Å².